The topological polar surface area (TPSA) is 46.6 Å². The quantitative estimate of drug-likeness (QED) is 0.515. The van der Waals surface area contributed by atoms with E-state index in [1.807, 2.05) is 7.05 Å². The summed E-state index contributed by atoms with van der Waals surface area (Å²) in [7, 11) is 3.37. The highest BCUT2D eigenvalue weighted by Gasteiger charge is 2.55. The number of ketones is 2. The van der Waals surface area contributed by atoms with Crippen molar-refractivity contribution in [1.29, 1.82) is 0 Å². The van der Waals surface area contributed by atoms with E-state index in [0.717, 1.165) is 6.42 Å². The molecule has 0 fully saturated rings. The Kier molecular flexibility index (Phi) is 6.56. The molecule has 2 aromatic rings. The number of carbonyl (C=O) groups excluding carboxylic acids is 2. The van der Waals surface area contributed by atoms with Crippen molar-refractivity contribution in [2.75, 3.05) is 20.7 Å². The fourth-order valence-electron chi connectivity index (χ4n) is 3.94. The molecule has 7 heteroatoms. The van der Waals surface area contributed by atoms with Gasteiger partial charge in [0.15, 0.2) is 11.6 Å². The van der Waals surface area contributed by atoms with Gasteiger partial charge in [0.1, 0.15) is 22.0 Å². The van der Waals surface area contributed by atoms with Crippen LogP contribution in [0.15, 0.2) is 30.3 Å². The largest absolute Gasteiger partial charge is 0.495 e. The minimum Gasteiger partial charge on any atom is -0.495 e. The van der Waals surface area contributed by atoms with Crippen molar-refractivity contribution in [2.45, 2.75) is 38.1 Å². The molecule has 2 atom stereocenters. The molecule has 3 rings (SSSR count). The fraction of sp³-hybridized carbons (Fsp3) is 0.391. The Balaban J connectivity index is 2.17. The first-order valence-electron chi connectivity index (χ1n) is 9.80. The van der Waals surface area contributed by atoms with Gasteiger partial charge < -0.3 is 9.64 Å². The van der Waals surface area contributed by atoms with Crippen molar-refractivity contribution in [3.05, 3.63) is 62.9 Å². The highest BCUT2D eigenvalue weighted by Crippen LogP contribution is 2.48. The molecular formula is C23H24Cl2FNO3. The second-order valence-electron chi connectivity index (χ2n) is 7.69. The number of carbonyl (C=O) groups is 2. The van der Waals surface area contributed by atoms with E-state index in [1.54, 1.807) is 0 Å². The molecule has 1 aliphatic rings. The molecule has 0 amide bonds. The molecular weight excluding hydrogens is 428 g/mol. The normalized spacial score (nSPS) is 19.3. The Hall–Kier alpha value is -1.95. The van der Waals surface area contributed by atoms with Crippen LogP contribution in [-0.2, 0) is 5.41 Å². The number of benzene rings is 2. The first-order chi connectivity index (χ1) is 14.2. The Labute approximate surface area is 185 Å². The fourth-order valence-corrected chi connectivity index (χ4v) is 4.45. The number of Topliss-reactive ketones (excluding diaryl/α,β-unsaturated/α-hetero) is 2. The van der Waals surface area contributed by atoms with Gasteiger partial charge >= 0.3 is 0 Å². The minimum atomic E-state index is -1.49. The summed E-state index contributed by atoms with van der Waals surface area (Å²) in [6.45, 7) is 4.66. The van der Waals surface area contributed by atoms with Crippen molar-refractivity contribution in [3.63, 3.8) is 0 Å². The molecule has 0 spiro atoms. The van der Waals surface area contributed by atoms with Crippen molar-refractivity contribution >= 4 is 34.8 Å². The molecule has 1 unspecified atom stereocenters. The van der Waals surface area contributed by atoms with Crippen LogP contribution in [-0.4, -0.2) is 43.2 Å². The molecule has 2 aromatic carbocycles. The van der Waals surface area contributed by atoms with Crippen LogP contribution in [0.3, 0.4) is 0 Å². The number of halogens is 3. The predicted molar refractivity (Wildman–Crippen MR) is 117 cm³/mol. The van der Waals surface area contributed by atoms with Gasteiger partial charge in [-0.05, 0) is 57.1 Å². The monoisotopic (exact) mass is 451 g/mol. The molecule has 0 saturated carbocycles. The average molecular weight is 452 g/mol. The van der Waals surface area contributed by atoms with E-state index >= 15 is 0 Å². The van der Waals surface area contributed by atoms with Gasteiger partial charge in [0.25, 0.3) is 0 Å². The lowest BCUT2D eigenvalue weighted by Gasteiger charge is -2.31. The lowest BCUT2D eigenvalue weighted by molar-refractivity contribution is 0.0766. The zero-order chi connectivity index (χ0) is 22.2. The van der Waals surface area contributed by atoms with Gasteiger partial charge in [0.05, 0.1) is 17.7 Å². The molecule has 0 N–H and O–H groups in total. The van der Waals surface area contributed by atoms with Crippen LogP contribution in [0.25, 0.3) is 0 Å². The second kappa shape index (κ2) is 8.66. The van der Waals surface area contributed by atoms with E-state index in [1.165, 1.54) is 37.4 Å². The Morgan fingerprint density at radius 3 is 2.33 bits per heavy atom. The Morgan fingerprint density at radius 2 is 1.77 bits per heavy atom. The summed E-state index contributed by atoms with van der Waals surface area (Å²) in [4.78, 5) is 29.5. The van der Waals surface area contributed by atoms with Crippen molar-refractivity contribution in [3.8, 4) is 5.75 Å². The van der Waals surface area contributed by atoms with Crippen LogP contribution < -0.4 is 4.74 Å². The van der Waals surface area contributed by atoms with Gasteiger partial charge in [0.2, 0.25) is 0 Å². The summed E-state index contributed by atoms with van der Waals surface area (Å²) in [5.41, 5.74) is -0.763. The zero-order valence-corrected chi connectivity index (χ0v) is 18.9. The number of hydrogen-bond donors (Lipinski definition) is 0. The smallest absolute Gasteiger partial charge is 0.183 e. The number of nitrogens with zero attached hydrogens (tertiary/aromatic N) is 1. The molecule has 30 heavy (non-hydrogen) atoms. The van der Waals surface area contributed by atoms with E-state index in [2.05, 4.69) is 18.7 Å². The van der Waals surface area contributed by atoms with E-state index in [4.69, 9.17) is 27.9 Å². The van der Waals surface area contributed by atoms with Gasteiger partial charge in [-0.25, -0.2) is 4.39 Å². The van der Waals surface area contributed by atoms with E-state index in [9.17, 15) is 14.0 Å². The predicted octanol–water partition coefficient (Wildman–Crippen LogP) is 5.58. The summed E-state index contributed by atoms with van der Waals surface area (Å²) in [6, 6.07) is 7.25. The highest BCUT2D eigenvalue weighted by molar-refractivity contribution is 6.48. The first-order valence-corrected chi connectivity index (χ1v) is 10.6. The van der Waals surface area contributed by atoms with E-state index in [-0.39, 0.29) is 45.2 Å². The standard InChI is InChI=1S/C23H24Cl2FNO3/c1-5-13(2)27(3)11-10-23(14-6-8-15(26)9-7-14)21(28)16-12-17(30-4)19(24)20(25)18(16)22(23)29/h6-9,12-13H,5,10-11H2,1-4H3/t13-,23?/m1/s1. The maximum absolute atomic E-state index is 13.7. The molecule has 0 aliphatic heterocycles. The number of hydrogen-bond acceptors (Lipinski definition) is 4. The summed E-state index contributed by atoms with van der Waals surface area (Å²) in [5.74, 6) is -0.998. The summed E-state index contributed by atoms with van der Waals surface area (Å²) < 4.78 is 18.8. The van der Waals surface area contributed by atoms with Crippen molar-refractivity contribution < 1.29 is 18.7 Å². The molecule has 0 bridgehead atoms. The van der Waals surface area contributed by atoms with Crippen LogP contribution >= 0.6 is 23.2 Å². The van der Waals surface area contributed by atoms with Crippen LogP contribution in [0.4, 0.5) is 4.39 Å². The van der Waals surface area contributed by atoms with Crippen molar-refractivity contribution in [2.24, 2.45) is 0 Å². The summed E-state index contributed by atoms with van der Waals surface area (Å²) >= 11 is 12.7. The molecule has 0 heterocycles. The Morgan fingerprint density at radius 1 is 1.13 bits per heavy atom. The number of rotatable bonds is 7. The minimum absolute atomic E-state index is 0.00336. The van der Waals surface area contributed by atoms with Crippen LogP contribution in [0, 0.1) is 5.82 Å². The third-order valence-electron chi connectivity index (χ3n) is 6.16. The van der Waals surface area contributed by atoms with Gasteiger partial charge in [0, 0.05) is 11.6 Å². The summed E-state index contributed by atoms with van der Waals surface area (Å²) in [6.07, 6.45) is 1.17. The van der Waals surface area contributed by atoms with Crippen LogP contribution in [0.2, 0.25) is 10.0 Å². The van der Waals surface area contributed by atoms with Crippen LogP contribution in [0.1, 0.15) is 53.0 Å². The number of fused-ring (bicyclic) bond motifs is 1. The lowest BCUT2D eigenvalue weighted by atomic mass is 9.73. The first kappa shape index (κ1) is 22.7. The lowest BCUT2D eigenvalue weighted by Crippen LogP contribution is -2.42. The molecule has 4 nitrogen and oxygen atoms in total. The van der Waals surface area contributed by atoms with Gasteiger partial charge in [-0.1, -0.05) is 42.3 Å². The maximum Gasteiger partial charge on any atom is 0.183 e. The zero-order valence-electron chi connectivity index (χ0n) is 17.4. The Bertz CT molecular complexity index is 993. The van der Waals surface area contributed by atoms with E-state index in [0.29, 0.717) is 12.1 Å². The average Bonchev–Trinajstić information content (AvgIpc) is 2.96. The summed E-state index contributed by atoms with van der Waals surface area (Å²) in [5, 5.41) is 0.0920. The van der Waals surface area contributed by atoms with Crippen LogP contribution in [0.5, 0.6) is 5.75 Å². The highest BCUT2D eigenvalue weighted by atomic mass is 35.5. The SMILES string of the molecule is CC[C@@H](C)N(C)CCC1(c2ccc(F)cc2)C(=O)c2cc(OC)c(Cl)c(Cl)c2C1=O. The molecule has 0 radical (unpaired) electrons. The maximum atomic E-state index is 13.7. The third-order valence-corrected chi connectivity index (χ3v) is 7.01. The molecule has 0 aromatic heterocycles. The third kappa shape index (κ3) is 3.53. The van der Waals surface area contributed by atoms with Gasteiger partial charge in [-0.15, -0.1) is 0 Å². The van der Waals surface area contributed by atoms with Gasteiger partial charge in [-0.3, -0.25) is 9.59 Å². The number of methoxy groups -OCH3 is 1. The van der Waals surface area contributed by atoms with E-state index < -0.39 is 17.0 Å². The van der Waals surface area contributed by atoms with Crippen molar-refractivity contribution in [1.82, 2.24) is 4.90 Å². The molecule has 160 valence electrons. The second-order valence-corrected chi connectivity index (χ2v) is 8.44. The number of ether oxygens (including phenoxy) is 1. The van der Waals surface area contributed by atoms with Gasteiger partial charge in [-0.2, -0.15) is 0 Å². The molecule has 1 aliphatic carbocycles. The molecule has 0 saturated heterocycles.